The monoisotopic (exact) mass is 390 g/mol. The molecule has 1 atom stereocenters. The molecule has 0 spiro atoms. The predicted octanol–water partition coefficient (Wildman–Crippen LogP) is 6.64. The quantitative estimate of drug-likeness (QED) is 0.162. The summed E-state index contributed by atoms with van der Waals surface area (Å²) in [6.45, 7) is 2.71. The SMILES string of the molecule is CCCCCCCCCCCCCCCCCCO[PH](=O)O.[Fe]. The molecule has 0 amide bonds. The van der Waals surface area contributed by atoms with Crippen LogP contribution in [0.4, 0.5) is 0 Å². The number of hydrogen-bond donors (Lipinski definition) is 1. The zero-order valence-corrected chi connectivity index (χ0v) is 17.2. The Labute approximate surface area is 155 Å². The Kier molecular flexibility index (Phi) is 25.5. The van der Waals surface area contributed by atoms with Crippen LogP contribution in [0.3, 0.4) is 0 Å². The molecule has 23 heavy (non-hydrogen) atoms. The fraction of sp³-hybridized carbons (Fsp3) is 1.00. The van der Waals surface area contributed by atoms with E-state index in [0.29, 0.717) is 6.61 Å². The molecule has 3 nitrogen and oxygen atoms in total. The third kappa shape index (κ3) is 25.0. The van der Waals surface area contributed by atoms with Crippen molar-refractivity contribution in [2.75, 3.05) is 6.61 Å². The maximum atomic E-state index is 10.3. The summed E-state index contributed by atoms with van der Waals surface area (Å²) < 4.78 is 15.0. The molecular weight excluding hydrogens is 351 g/mol. The van der Waals surface area contributed by atoms with E-state index in [1.54, 1.807) is 0 Å². The second kappa shape index (κ2) is 22.7. The number of hydrogen-bond acceptors (Lipinski definition) is 2. The minimum absolute atomic E-state index is 0. The average Bonchev–Trinajstić information content (AvgIpc) is 2.50. The van der Waals surface area contributed by atoms with Crippen molar-refractivity contribution in [2.45, 2.75) is 110 Å². The van der Waals surface area contributed by atoms with Gasteiger partial charge in [0.05, 0.1) is 6.61 Å². The Bertz CT molecular complexity index is 240. The van der Waals surface area contributed by atoms with Crippen LogP contribution in [-0.4, -0.2) is 11.5 Å². The number of rotatable bonds is 18. The largest absolute Gasteiger partial charge is 0.326 e. The molecule has 0 aromatic heterocycles. The fourth-order valence-corrected chi connectivity index (χ4v) is 3.13. The number of unbranched alkanes of at least 4 members (excludes halogenated alkanes) is 15. The molecule has 0 saturated heterocycles. The molecule has 0 fully saturated rings. The standard InChI is InChI=1S/C18H39O3P.Fe/c1-2-3-4-5-6-7-8-9-10-11-12-13-14-15-16-17-18-21-22(19)20;/h22H,2-18H2,1H3,(H,19,20);. The van der Waals surface area contributed by atoms with Crippen molar-refractivity contribution in [1.82, 2.24) is 0 Å². The van der Waals surface area contributed by atoms with Crippen molar-refractivity contribution in [3.8, 4) is 0 Å². The van der Waals surface area contributed by atoms with Crippen molar-refractivity contribution in [3.05, 3.63) is 0 Å². The van der Waals surface area contributed by atoms with Gasteiger partial charge in [-0.05, 0) is 6.42 Å². The van der Waals surface area contributed by atoms with Crippen molar-refractivity contribution in [1.29, 1.82) is 0 Å². The van der Waals surface area contributed by atoms with Crippen LogP contribution in [-0.2, 0) is 26.2 Å². The van der Waals surface area contributed by atoms with Gasteiger partial charge < -0.3 is 9.42 Å². The predicted molar refractivity (Wildman–Crippen MR) is 96.7 cm³/mol. The normalized spacial score (nSPS) is 12.1. The zero-order chi connectivity index (χ0) is 16.3. The van der Waals surface area contributed by atoms with Crippen LogP contribution in [0.1, 0.15) is 110 Å². The second-order valence-electron chi connectivity index (χ2n) is 6.42. The molecule has 0 heterocycles. The van der Waals surface area contributed by atoms with E-state index >= 15 is 0 Å². The van der Waals surface area contributed by atoms with Gasteiger partial charge in [-0.1, -0.05) is 103 Å². The Morgan fingerprint density at radius 1 is 0.652 bits per heavy atom. The molecule has 0 aromatic rings. The first-order chi connectivity index (χ1) is 10.8. The smallest absolute Gasteiger partial charge is 0.316 e. The summed E-state index contributed by atoms with van der Waals surface area (Å²) in [6, 6.07) is 0. The van der Waals surface area contributed by atoms with Crippen LogP contribution < -0.4 is 0 Å². The van der Waals surface area contributed by atoms with E-state index in [2.05, 4.69) is 11.4 Å². The van der Waals surface area contributed by atoms with Crippen molar-refractivity contribution in [3.63, 3.8) is 0 Å². The molecular formula is C18H39FeO3P. The average molecular weight is 390 g/mol. The topological polar surface area (TPSA) is 46.5 Å². The van der Waals surface area contributed by atoms with Crippen LogP contribution in [0.25, 0.3) is 0 Å². The molecule has 0 aromatic carbocycles. The van der Waals surface area contributed by atoms with Gasteiger partial charge in [-0.25, -0.2) is 0 Å². The molecule has 0 radical (unpaired) electrons. The molecule has 0 aliphatic rings. The summed E-state index contributed by atoms with van der Waals surface area (Å²) in [7, 11) is -2.70. The third-order valence-corrected chi connectivity index (χ3v) is 4.67. The van der Waals surface area contributed by atoms with Crippen LogP contribution in [0.5, 0.6) is 0 Å². The summed E-state index contributed by atoms with van der Waals surface area (Å²) in [5.41, 5.74) is 0. The molecule has 142 valence electrons. The van der Waals surface area contributed by atoms with Crippen molar-refractivity contribution in [2.24, 2.45) is 0 Å². The molecule has 0 bridgehead atoms. The summed E-state index contributed by atoms with van der Waals surface area (Å²) in [6.07, 6.45) is 21.4. The van der Waals surface area contributed by atoms with Gasteiger partial charge >= 0.3 is 8.25 Å². The molecule has 5 heteroatoms. The van der Waals surface area contributed by atoms with Gasteiger partial charge in [0.1, 0.15) is 0 Å². The van der Waals surface area contributed by atoms with Crippen LogP contribution in [0, 0.1) is 0 Å². The van der Waals surface area contributed by atoms with E-state index in [1.165, 1.54) is 89.9 Å². The third-order valence-electron chi connectivity index (χ3n) is 4.22. The van der Waals surface area contributed by atoms with Gasteiger partial charge in [-0.3, -0.25) is 4.57 Å². The maximum Gasteiger partial charge on any atom is 0.316 e. The second-order valence-corrected chi connectivity index (χ2v) is 7.24. The van der Waals surface area contributed by atoms with E-state index in [-0.39, 0.29) is 17.1 Å². The summed E-state index contributed by atoms with van der Waals surface area (Å²) >= 11 is 0. The maximum absolute atomic E-state index is 10.3. The van der Waals surface area contributed by atoms with Gasteiger partial charge in [0.15, 0.2) is 0 Å². The van der Waals surface area contributed by atoms with Gasteiger partial charge in [-0.2, -0.15) is 0 Å². The molecule has 1 N–H and O–H groups in total. The molecule has 0 saturated carbocycles. The Hall–Kier alpha value is 0.669. The van der Waals surface area contributed by atoms with Gasteiger partial charge in [0.2, 0.25) is 0 Å². The first kappa shape index (κ1) is 25.9. The van der Waals surface area contributed by atoms with Crippen molar-refractivity contribution < 1.29 is 31.1 Å². The van der Waals surface area contributed by atoms with Crippen molar-refractivity contribution >= 4 is 8.25 Å². The van der Waals surface area contributed by atoms with Gasteiger partial charge in [-0.15, -0.1) is 0 Å². The summed E-state index contributed by atoms with van der Waals surface area (Å²) in [5.74, 6) is 0. The van der Waals surface area contributed by atoms with Gasteiger partial charge in [0, 0.05) is 17.1 Å². The minimum Gasteiger partial charge on any atom is -0.326 e. The van der Waals surface area contributed by atoms with E-state index < -0.39 is 8.25 Å². The van der Waals surface area contributed by atoms with Crippen LogP contribution in [0.15, 0.2) is 0 Å². The Morgan fingerprint density at radius 2 is 0.957 bits per heavy atom. The Morgan fingerprint density at radius 3 is 1.26 bits per heavy atom. The molecule has 1 unspecified atom stereocenters. The first-order valence-electron chi connectivity index (χ1n) is 9.63. The van der Waals surface area contributed by atoms with E-state index in [4.69, 9.17) is 4.89 Å². The van der Waals surface area contributed by atoms with E-state index in [1.807, 2.05) is 0 Å². The van der Waals surface area contributed by atoms with Crippen LogP contribution >= 0.6 is 8.25 Å². The summed E-state index contributed by atoms with van der Waals surface area (Å²) in [4.78, 5) is 8.50. The first-order valence-corrected chi connectivity index (χ1v) is 10.9. The zero-order valence-electron chi connectivity index (χ0n) is 15.1. The molecule has 0 aliphatic carbocycles. The minimum atomic E-state index is -2.70. The summed E-state index contributed by atoms with van der Waals surface area (Å²) in [5, 5.41) is 0. The van der Waals surface area contributed by atoms with Gasteiger partial charge in [0.25, 0.3) is 0 Å². The Balaban J connectivity index is 0. The van der Waals surface area contributed by atoms with E-state index in [9.17, 15) is 4.57 Å². The van der Waals surface area contributed by atoms with E-state index in [0.717, 1.165) is 12.8 Å². The fourth-order valence-electron chi connectivity index (χ4n) is 2.81. The van der Waals surface area contributed by atoms with Crippen LogP contribution in [0.2, 0.25) is 0 Å². The molecule has 0 rings (SSSR count). The molecule has 0 aliphatic heterocycles.